The molecule has 1 rings (SSSR count). The van der Waals surface area contributed by atoms with E-state index in [-0.39, 0.29) is 0 Å². The summed E-state index contributed by atoms with van der Waals surface area (Å²) in [5, 5.41) is 12.6. The van der Waals surface area contributed by atoms with Gasteiger partial charge in [0, 0.05) is 26.2 Å². The van der Waals surface area contributed by atoms with Gasteiger partial charge in [0.2, 0.25) is 0 Å². The van der Waals surface area contributed by atoms with Gasteiger partial charge >= 0.3 is 5.97 Å². The van der Waals surface area contributed by atoms with Crippen LogP contribution in [0.2, 0.25) is 0 Å². The van der Waals surface area contributed by atoms with Gasteiger partial charge in [-0.05, 0) is 32.7 Å². The van der Waals surface area contributed by atoms with Crippen molar-refractivity contribution in [3.63, 3.8) is 0 Å². The number of carboxylic acid groups (broad SMARTS) is 1. The van der Waals surface area contributed by atoms with Gasteiger partial charge in [0.25, 0.3) is 0 Å². The number of ether oxygens (including phenoxy) is 1. The van der Waals surface area contributed by atoms with Gasteiger partial charge in [-0.1, -0.05) is 6.92 Å². The van der Waals surface area contributed by atoms with E-state index in [1.165, 1.54) is 12.8 Å². The van der Waals surface area contributed by atoms with E-state index in [1.807, 2.05) is 6.92 Å². The van der Waals surface area contributed by atoms with E-state index in [4.69, 9.17) is 4.74 Å². The summed E-state index contributed by atoms with van der Waals surface area (Å²) in [5.74, 6) is -0.779. The van der Waals surface area contributed by atoms with Crippen LogP contribution in [0.15, 0.2) is 0 Å². The van der Waals surface area contributed by atoms with Gasteiger partial charge in [-0.2, -0.15) is 0 Å². The first-order valence-corrected chi connectivity index (χ1v) is 6.75. The average Bonchev–Trinajstić information content (AvgIpc) is 3.15. The van der Waals surface area contributed by atoms with E-state index in [1.54, 1.807) is 14.0 Å². The number of carboxylic acids is 1. The van der Waals surface area contributed by atoms with Crippen LogP contribution in [0.4, 0.5) is 0 Å². The fourth-order valence-electron chi connectivity index (χ4n) is 2.05. The molecule has 18 heavy (non-hydrogen) atoms. The van der Waals surface area contributed by atoms with Crippen LogP contribution in [0.3, 0.4) is 0 Å². The fourth-order valence-corrected chi connectivity index (χ4v) is 2.05. The monoisotopic (exact) mass is 258 g/mol. The summed E-state index contributed by atoms with van der Waals surface area (Å²) in [6, 6.07) is 0.544. The molecule has 0 spiro atoms. The average molecular weight is 258 g/mol. The highest BCUT2D eigenvalue weighted by atomic mass is 16.5. The molecule has 0 aromatic heterocycles. The molecule has 2 N–H and O–H groups in total. The Morgan fingerprint density at radius 1 is 1.56 bits per heavy atom. The Hall–Kier alpha value is -0.650. The molecule has 0 heterocycles. The van der Waals surface area contributed by atoms with Gasteiger partial charge in [-0.15, -0.1) is 0 Å². The lowest BCUT2D eigenvalue weighted by Gasteiger charge is -2.33. The van der Waals surface area contributed by atoms with Crippen molar-refractivity contribution in [3.8, 4) is 0 Å². The van der Waals surface area contributed by atoms with Crippen LogP contribution in [-0.2, 0) is 9.53 Å². The first kappa shape index (κ1) is 15.4. The van der Waals surface area contributed by atoms with Crippen LogP contribution in [0.5, 0.6) is 0 Å². The van der Waals surface area contributed by atoms with Crippen LogP contribution in [0, 0.1) is 0 Å². The number of carbonyl (C=O) groups is 1. The predicted octanol–water partition coefficient (Wildman–Crippen LogP) is 0.940. The summed E-state index contributed by atoms with van der Waals surface area (Å²) >= 11 is 0. The van der Waals surface area contributed by atoms with Crippen molar-refractivity contribution in [2.75, 3.05) is 33.4 Å². The molecule has 1 unspecified atom stereocenters. The second-order valence-electron chi connectivity index (χ2n) is 5.26. The van der Waals surface area contributed by atoms with E-state index in [2.05, 4.69) is 10.2 Å². The van der Waals surface area contributed by atoms with Gasteiger partial charge in [-0.3, -0.25) is 9.69 Å². The zero-order valence-electron chi connectivity index (χ0n) is 11.7. The number of nitrogens with zero attached hydrogens (tertiary/aromatic N) is 1. The molecule has 5 nitrogen and oxygen atoms in total. The Morgan fingerprint density at radius 3 is 2.67 bits per heavy atom. The highest BCUT2D eigenvalue weighted by Gasteiger charge is 2.39. The molecular formula is C13H26N2O3. The molecule has 1 atom stereocenters. The molecule has 0 saturated heterocycles. The smallest absolute Gasteiger partial charge is 0.324 e. The lowest BCUT2D eigenvalue weighted by Crippen LogP contribution is -2.57. The third-order valence-corrected chi connectivity index (χ3v) is 3.40. The highest BCUT2D eigenvalue weighted by molar-refractivity contribution is 5.78. The van der Waals surface area contributed by atoms with Crippen molar-refractivity contribution in [2.45, 2.75) is 44.7 Å². The van der Waals surface area contributed by atoms with Crippen LogP contribution in [-0.4, -0.2) is 60.9 Å². The maximum atomic E-state index is 11.5. The quantitative estimate of drug-likeness (QED) is 0.610. The zero-order valence-corrected chi connectivity index (χ0v) is 11.7. The van der Waals surface area contributed by atoms with Crippen molar-refractivity contribution in [3.05, 3.63) is 0 Å². The molecule has 5 heteroatoms. The van der Waals surface area contributed by atoms with Gasteiger partial charge in [0.05, 0.1) is 6.61 Å². The van der Waals surface area contributed by atoms with Gasteiger partial charge in [-0.25, -0.2) is 0 Å². The van der Waals surface area contributed by atoms with Crippen molar-refractivity contribution in [2.24, 2.45) is 0 Å². The number of rotatable bonds is 10. The highest BCUT2D eigenvalue weighted by Crippen LogP contribution is 2.28. The molecule has 0 amide bonds. The molecule has 0 aromatic carbocycles. The standard InChI is InChI=1S/C13H26N2O3/c1-4-7-14-13(2,12(16)17)10-15(8-9-18-3)11-5-6-11/h11,14H,4-10H2,1-3H3,(H,16,17). The van der Waals surface area contributed by atoms with Crippen LogP contribution in [0.25, 0.3) is 0 Å². The van der Waals surface area contributed by atoms with Gasteiger partial charge < -0.3 is 15.2 Å². The molecule has 1 aliphatic carbocycles. The Bertz CT molecular complexity index is 269. The molecule has 106 valence electrons. The third kappa shape index (κ3) is 4.55. The number of nitrogens with one attached hydrogen (secondary N) is 1. The van der Waals surface area contributed by atoms with Crippen molar-refractivity contribution < 1.29 is 14.6 Å². The first-order chi connectivity index (χ1) is 8.53. The van der Waals surface area contributed by atoms with Gasteiger partial charge in [0.15, 0.2) is 0 Å². The molecule has 1 saturated carbocycles. The predicted molar refractivity (Wildman–Crippen MR) is 70.8 cm³/mol. The second-order valence-corrected chi connectivity index (χ2v) is 5.26. The van der Waals surface area contributed by atoms with E-state index in [0.717, 1.165) is 19.5 Å². The van der Waals surface area contributed by atoms with Crippen molar-refractivity contribution in [1.29, 1.82) is 0 Å². The van der Waals surface area contributed by atoms with Crippen LogP contribution in [0.1, 0.15) is 33.1 Å². The number of hydrogen-bond acceptors (Lipinski definition) is 4. The molecule has 0 aromatic rings. The van der Waals surface area contributed by atoms with Crippen LogP contribution >= 0.6 is 0 Å². The summed E-state index contributed by atoms with van der Waals surface area (Å²) in [5.41, 5.74) is -0.869. The zero-order chi connectivity index (χ0) is 13.6. The van der Waals surface area contributed by atoms with Crippen molar-refractivity contribution in [1.82, 2.24) is 10.2 Å². The van der Waals surface area contributed by atoms with E-state index < -0.39 is 11.5 Å². The molecule has 0 bridgehead atoms. The maximum Gasteiger partial charge on any atom is 0.324 e. The topological polar surface area (TPSA) is 61.8 Å². The SMILES string of the molecule is CCCNC(C)(CN(CCOC)C1CC1)C(=O)O. The summed E-state index contributed by atoms with van der Waals surface area (Å²) in [6.07, 6.45) is 3.28. The minimum Gasteiger partial charge on any atom is -0.480 e. The first-order valence-electron chi connectivity index (χ1n) is 6.75. The third-order valence-electron chi connectivity index (χ3n) is 3.40. The molecule has 0 radical (unpaired) electrons. The molecule has 0 aliphatic heterocycles. The maximum absolute atomic E-state index is 11.5. The normalized spacial score (nSPS) is 18.9. The van der Waals surface area contributed by atoms with E-state index in [9.17, 15) is 9.90 Å². The molecular weight excluding hydrogens is 232 g/mol. The van der Waals surface area contributed by atoms with Crippen LogP contribution < -0.4 is 5.32 Å². The second kappa shape index (κ2) is 7.07. The van der Waals surface area contributed by atoms with E-state index >= 15 is 0 Å². The largest absolute Gasteiger partial charge is 0.480 e. The summed E-state index contributed by atoms with van der Waals surface area (Å²) in [4.78, 5) is 13.7. The Labute approximate surface area is 109 Å². The fraction of sp³-hybridized carbons (Fsp3) is 0.923. The minimum atomic E-state index is -0.869. The number of methoxy groups -OCH3 is 1. The van der Waals surface area contributed by atoms with Crippen molar-refractivity contribution >= 4 is 5.97 Å². The van der Waals surface area contributed by atoms with E-state index in [0.29, 0.717) is 19.2 Å². The summed E-state index contributed by atoms with van der Waals surface area (Å²) in [6.45, 7) is 6.53. The Kier molecular flexibility index (Phi) is 6.05. The number of hydrogen-bond donors (Lipinski definition) is 2. The molecule has 1 aliphatic rings. The lowest BCUT2D eigenvalue weighted by atomic mass is 10.0. The Balaban J connectivity index is 2.57. The van der Waals surface area contributed by atoms with Gasteiger partial charge in [0.1, 0.15) is 5.54 Å². The lowest BCUT2D eigenvalue weighted by molar-refractivity contribution is -0.145. The minimum absolute atomic E-state index is 0.538. The summed E-state index contributed by atoms with van der Waals surface area (Å²) < 4.78 is 5.10. The Morgan fingerprint density at radius 2 is 2.22 bits per heavy atom. The summed E-state index contributed by atoms with van der Waals surface area (Å²) in [7, 11) is 1.68. The number of aliphatic carboxylic acids is 1. The molecule has 1 fully saturated rings.